The molecule has 0 aliphatic heterocycles. The summed E-state index contributed by atoms with van der Waals surface area (Å²) in [5.41, 5.74) is 0. The molecule has 10 heavy (non-hydrogen) atoms. The molecule has 0 bridgehead atoms. The summed E-state index contributed by atoms with van der Waals surface area (Å²) in [6, 6.07) is 0. The Labute approximate surface area is 106 Å². The van der Waals surface area contributed by atoms with Gasteiger partial charge in [-0.2, -0.15) is 0 Å². The minimum atomic E-state index is -4.01. The van der Waals surface area contributed by atoms with Crippen LogP contribution in [0, 0.1) is 0 Å². The van der Waals surface area contributed by atoms with Crippen molar-refractivity contribution in [2.45, 2.75) is 6.42 Å². The zero-order chi connectivity index (χ0) is 7.33. The topological polar surface area (TPSA) is 66.4 Å². The molecule has 0 aliphatic rings. The largest absolute Gasteiger partial charge is 1.00 e. The molecule has 56 valence electrons. The second-order valence-corrected chi connectivity index (χ2v) is 3.71. The van der Waals surface area contributed by atoms with Crippen LogP contribution in [0.1, 0.15) is 6.42 Å². The average Bonchev–Trinajstić information content (AvgIpc) is 1.63. The summed E-state index contributed by atoms with van der Waals surface area (Å²) in [6.45, 7) is 0.383. The molecule has 0 fully saturated rings. The van der Waals surface area contributed by atoms with Gasteiger partial charge in [0.1, 0.15) is 10.5 Å². The summed E-state index contributed by atoms with van der Waals surface area (Å²) in [5.74, 6) is -0.310. The van der Waals surface area contributed by atoms with Crippen LogP contribution in [0.2, 0.25) is 0 Å². The maximum Gasteiger partial charge on any atom is 1.00 e. The smallest absolute Gasteiger partial charge is 0.748 e. The second kappa shape index (κ2) is 7.38. The summed E-state index contributed by atoms with van der Waals surface area (Å²) >= 11 is 0. The van der Waals surface area contributed by atoms with Crippen LogP contribution in [0.3, 0.4) is 0 Å². The van der Waals surface area contributed by atoms with Gasteiger partial charge in [-0.15, -0.1) is 0 Å². The monoisotopic (exact) mass is 208 g/mol. The molecule has 0 aromatic rings. The first-order chi connectivity index (χ1) is 4.06. The molecule has 0 atom stereocenters. The van der Waals surface area contributed by atoms with Crippen molar-refractivity contribution >= 4 is 20.6 Å². The van der Waals surface area contributed by atoms with E-state index < -0.39 is 10.1 Å². The molecule has 0 rings (SSSR count). The average molecular weight is 208 g/mol. The van der Waals surface area contributed by atoms with Gasteiger partial charge in [0.15, 0.2) is 0 Å². The van der Waals surface area contributed by atoms with E-state index in [1.807, 2.05) is 0 Å². The Bertz CT molecular complexity index is 156. The van der Waals surface area contributed by atoms with E-state index in [2.05, 4.69) is 4.43 Å². The third kappa shape index (κ3) is 12.4. The molecule has 0 unspecified atom stereocenters. The van der Waals surface area contributed by atoms with E-state index in [-0.39, 0.29) is 57.1 Å². The van der Waals surface area contributed by atoms with Crippen LogP contribution in [-0.4, -0.2) is 35.8 Å². The van der Waals surface area contributed by atoms with Crippen LogP contribution in [0.25, 0.3) is 0 Å². The van der Waals surface area contributed by atoms with Crippen LogP contribution >= 0.6 is 0 Å². The summed E-state index contributed by atoms with van der Waals surface area (Å²) < 4.78 is 34.4. The van der Waals surface area contributed by atoms with Crippen molar-refractivity contribution in [1.29, 1.82) is 0 Å². The molecule has 0 N–H and O–H groups in total. The Morgan fingerprint density at radius 1 is 1.50 bits per heavy atom. The predicted octanol–water partition coefficient (Wildman–Crippen LogP) is -4.78. The molecule has 0 saturated carbocycles. The van der Waals surface area contributed by atoms with Gasteiger partial charge >= 0.3 is 51.4 Å². The van der Waals surface area contributed by atoms with Gasteiger partial charge in [0, 0.05) is 12.4 Å². The SMILES string of the molecule is O=S(=O)([O-])CCCO[SiH3].[K+]. The fraction of sp³-hybridized carbons (Fsp3) is 1.00. The maximum atomic E-state index is 9.91. The van der Waals surface area contributed by atoms with Crippen molar-refractivity contribution in [3.63, 3.8) is 0 Å². The van der Waals surface area contributed by atoms with Crippen LogP contribution in [0.15, 0.2) is 0 Å². The molecule has 0 aromatic carbocycles. The van der Waals surface area contributed by atoms with E-state index in [0.29, 0.717) is 23.5 Å². The minimum absolute atomic E-state index is 0. The van der Waals surface area contributed by atoms with Crippen molar-refractivity contribution in [2.75, 3.05) is 12.4 Å². The van der Waals surface area contributed by atoms with E-state index in [4.69, 9.17) is 0 Å². The Balaban J connectivity index is 0. The van der Waals surface area contributed by atoms with Crippen molar-refractivity contribution in [3.05, 3.63) is 0 Å². The van der Waals surface area contributed by atoms with Gasteiger partial charge in [-0.25, -0.2) is 8.42 Å². The van der Waals surface area contributed by atoms with Gasteiger partial charge in [0.05, 0.1) is 10.1 Å². The van der Waals surface area contributed by atoms with Crippen molar-refractivity contribution in [1.82, 2.24) is 0 Å². The standard InChI is InChI=1S/C3H10O4SSi.K/c4-8(5,6)3-1-2-7-9;/h1-3H2,9H3,(H,4,5,6);/q;+1/p-1. The number of rotatable bonds is 4. The first kappa shape index (κ1) is 14.3. The van der Waals surface area contributed by atoms with E-state index in [9.17, 15) is 13.0 Å². The molecule has 0 saturated heterocycles. The Morgan fingerprint density at radius 2 is 2.00 bits per heavy atom. The second-order valence-electron chi connectivity index (χ2n) is 1.61. The van der Waals surface area contributed by atoms with Gasteiger partial charge < -0.3 is 8.98 Å². The van der Waals surface area contributed by atoms with Gasteiger partial charge in [-0.3, -0.25) is 0 Å². The molecular weight excluding hydrogens is 199 g/mol. The van der Waals surface area contributed by atoms with Crippen molar-refractivity contribution < 1.29 is 68.8 Å². The first-order valence-electron chi connectivity index (χ1n) is 2.49. The Kier molecular flexibility index (Phi) is 10.5. The van der Waals surface area contributed by atoms with Crippen molar-refractivity contribution in [3.8, 4) is 0 Å². The third-order valence-electron chi connectivity index (χ3n) is 0.743. The summed E-state index contributed by atoms with van der Waals surface area (Å²) in [4.78, 5) is 0. The third-order valence-corrected chi connectivity index (χ3v) is 1.94. The fourth-order valence-corrected chi connectivity index (χ4v) is 1.14. The van der Waals surface area contributed by atoms with Crippen LogP contribution in [0.5, 0.6) is 0 Å². The zero-order valence-corrected chi connectivity index (χ0v) is 12.1. The van der Waals surface area contributed by atoms with Crippen LogP contribution in [-0.2, 0) is 14.5 Å². The Morgan fingerprint density at radius 3 is 2.30 bits per heavy atom. The molecular formula is C3H9KO4SSi. The fourth-order valence-electron chi connectivity index (χ4n) is 0.380. The molecule has 0 aromatic heterocycles. The van der Waals surface area contributed by atoms with E-state index in [1.165, 1.54) is 0 Å². The molecule has 7 heteroatoms. The number of hydrogen-bond donors (Lipinski definition) is 0. The molecule has 0 spiro atoms. The van der Waals surface area contributed by atoms with Gasteiger partial charge in [-0.05, 0) is 6.42 Å². The van der Waals surface area contributed by atoms with Gasteiger partial charge in [0.25, 0.3) is 0 Å². The van der Waals surface area contributed by atoms with E-state index >= 15 is 0 Å². The number of hydrogen-bond acceptors (Lipinski definition) is 4. The molecule has 4 nitrogen and oxygen atoms in total. The molecule has 0 heterocycles. The first-order valence-corrected chi connectivity index (χ1v) is 4.88. The molecule has 0 radical (unpaired) electrons. The van der Waals surface area contributed by atoms with Gasteiger partial charge in [-0.1, -0.05) is 0 Å². The van der Waals surface area contributed by atoms with Crippen molar-refractivity contribution in [2.24, 2.45) is 0 Å². The molecule has 0 aliphatic carbocycles. The molecule has 0 amide bonds. The van der Waals surface area contributed by atoms with Crippen LogP contribution < -0.4 is 51.4 Å². The predicted molar refractivity (Wildman–Crippen MR) is 35.1 cm³/mol. The van der Waals surface area contributed by atoms with Crippen LogP contribution in [0.4, 0.5) is 0 Å². The maximum absolute atomic E-state index is 9.91. The summed E-state index contributed by atoms with van der Waals surface area (Å²) in [6.07, 6.45) is 0.315. The zero-order valence-electron chi connectivity index (χ0n) is 6.16. The summed E-state index contributed by atoms with van der Waals surface area (Å²) in [5, 5.41) is 0. The van der Waals surface area contributed by atoms with Gasteiger partial charge in [0.2, 0.25) is 0 Å². The normalized spacial score (nSPS) is 10.9. The van der Waals surface area contributed by atoms with E-state index in [0.717, 1.165) is 0 Å². The Hall–Kier alpha value is 1.72. The summed E-state index contributed by atoms with van der Waals surface area (Å²) in [7, 11) is -3.42. The quantitative estimate of drug-likeness (QED) is 0.264. The van der Waals surface area contributed by atoms with E-state index in [1.54, 1.807) is 0 Å². The minimum Gasteiger partial charge on any atom is -0.748 e.